The molecule has 0 saturated carbocycles. The Morgan fingerprint density at radius 3 is 2.16 bits per heavy atom. The van der Waals surface area contributed by atoms with E-state index in [1.807, 2.05) is 6.07 Å². The molecule has 154 valence electrons. The second kappa shape index (κ2) is 8.81. The van der Waals surface area contributed by atoms with Crippen molar-refractivity contribution in [1.29, 1.82) is 0 Å². The van der Waals surface area contributed by atoms with Gasteiger partial charge in [0.1, 0.15) is 5.82 Å². The van der Waals surface area contributed by atoms with Crippen LogP contribution in [0.15, 0.2) is 78.9 Å². The third-order valence-electron chi connectivity index (χ3n) is 4.46. The topological polar surface area (TPSA) is 88.9 Å². The molecule has 2 amide bonds. The van der Waals surface area contributed by atoms with E-state index in [4.69, 9.17) is 11.6 Å². The molecule has 4 rings (SSSR count). The Bertz CT molecular complexity index is 1240. The number of rotatable bonds is 5. The number of nitrogens with one attached hydrogen (secondary N) is 2. The van der Waals surface area contributed by atoms with Crippen LogP contribution in [0, 0.1) is 6.92 Å². The third kappa shape index (κ3) is 4.79. The fraction of sp³-hybridized carbons (Fsp3) is 0.0435. The largest absolute Gasteiger partial charge is 0.322 e. The minimum Gasteiger partial charge on any atom is -0.322 e. The van der Waals surface area contributed by atoms with Crippen LogP contribution in [0.1, 0.15) is 26.8 Å². The van der Waals surface area contributed by atoms with Crippen molar-refractivity contribution in [3.05, 3.63) is 101 Å². The van der Waals surface area contributed by atoms with E-state index in [9.17, 15) is 9.59 Å². The molecule has 0 aliphatic heterocycles. The summed E-state index contributed by atoms with van der Waals surface area (Å²) >= 11 is 5.93. The minimum atomic E-state index is -0.456. The van der Waals surface area contributed by atoms with E-state index in [2.05, 4.69) is 20.7 Å². The molecule has 0 radical (unpaired) electrons. The predicted molar refractivity (Wildman–Crippen MR) is 120 cm³/mol. The molecule has 2 N–H and O–H groups in total. The highest BCUT2D eigenvalue weighted by molar-refractivity contribution is 6.30. The fourth-order valence-electron chi connectivity index (χ4n) is 2.97. The van der Waals surface area contributed by atoms with Crippen LogP contribution in [0.4, 0.5) is 11.4 Å². The first kappa shape index (κ1) is 20.3. The number of carbonyl (C=O) groups is 2. The van der Waals surface area contributed by atoms with Crippen molar-refractivity contribution in [3.63, 3.8) is 0 Å². The van der Waals surface area contributed by atoms with Crippen molar-refractivity contribution in [2.45, 2.75) is 6.92 Å². The number of aromatic nitrogens is 3. The van der Waals surface area contributed by atoms with E-state index < -0.39 is 5.91 Å². The van der Waals surface area contributed by atoms with Crippen molar-refractivity contribution < 1.29 is 9.59 Å². The zero-order chi connectivity index (χ0) is 21.8. The van der Waals surface area contributed by atoms with Gasteiger partial charge in [-0.1, -0.05) is 35.9 Å². The molecule has 0 atom stereocenters. The lowest BCUT2D eigenvalue weighted by atomic mass is 10.2. The number of hydrogen-bond donors (Lipinski definition) is 2. The molecule has 8 heteroatoms. The Morgan fingerprint density at radius 1 is 0.839 bits per heavy atom. The van der Waals surface area contributed by atoms with Crippen LogP contribution < -0.4 is 10.6 Å². The third-order valence-corrected chi connectivity index (χ3v) is 4.71. The Hall–Kier alpha value is -3.97. The van der Waals surface area contributed by atoms with E-state index in [0.29, 0.717) is 27.8 Å². The van der Waals surface area contributed by atoms with E-state index in [1.54, 1.807) is 84.4 Å². The summed E-state index contributed by atoms with van der Waals surface area (Å²) in [5, 5.41) is 10.5. The first-order chi connectivity index (χ1) is 15.0. The van der Waals surface area contributed by atoms with Crippen molar-refractivity contribution in [2.24, 2.45) is 0 Å². The zero-order valence-corrected chi connectivity index (χ0v) is 17.3. The summed E-state index contributed by atoms with van der Waals surface area (Å²) in [6, 6.07) is 22.8. The molecule has 31 heavy (non-hydrogen) atoms. The van der Waals surface area contributed by atoms with Gasteiger partial charge in [-0.2, -0.15) is 0 Å². The quantitative estimate of drug-likeness (QED) is 0.478. The molecule has 1 heterocycles. The van der Waals surface area contributed by atoms with Gasteiger partial charge in [-0.25, -0.2) is 9.67 Å². The maximum absolute atomic E-state index is 12.7. The summed E-state index contributed by atoms with van der Waals surface area (Å²) in [7, 11) is 0. The molecule has 0 aliphatic rings. The number of benzene rings is 3. The van der Waals surface area contributed by atoms with E-state index >= 15 is 0 Å². The molecule has 0 saturated heterocycles. The van der Waals surface area contributed by atoms with Crippen LogP contribution in [-0.4, -0.2) is 26.6 Å². The Kier molecular flexibility index (Phi) is 5.77. The summed E-state index contributed by atoms with van der Waals surface area (Å²) in [6.07, 6.45) is 0. The molecular formula is C23H18ClN5O2. The van der Waals surface area contributed by atoms with E-state index in [0.717, 1.165) is 5.69 Å². The van der Waals surface area contributed by atoms with Crippen LogP contribution in [0.3, 0.4) is 0 Å². The van der Waals surface area contributed by atoms with Crippen LogP contribution in [0.2, 0.25) is 5.02 Å². The average molecular weight is 432 g/mol. The summed E-state index contributed by atoms with van der Waals surface area (Å²) in [5.74, 6) is -0.0899. The van der Waals surface area contributed by atoms with Crippen molar-refractivity contribution in [2.75, 3.05) is 10.6 Å². The average Bonchev–Trinajstić information content (AvgIpc) is 3.17. The smallest absolute Gasteiger partial charge is 0.295 e. The van der Waals surface area contributed by atoms with Gasteiger partial charge < -0.3 is 10.6 Å². The zero-order valence-electron chi connectivity index (χ0n) is 16.5. The Balaban J connectivity index is 1.48. The lowest BCUT2D eigenvalue weighted by Gasteiger charge is -2.08. The second-order valence-corrected chi connectivity index (χ2v) is 7.16. The van der Waals surface area contributed by atoms with E-state index in [1.165, 1.54) is 0 Å². The van der Waals surface area contributed by atoms with Gasteiger partial charge in [0.2, 0.25) is 5.82 Å². The van der Waals surface area contributed by atoms with Gasteiger partial charge in [-0.15, -0.1) is 5.10 Å². The lowest BCUT2D eigenvalue weighted by molar-refractivity contribution is 0.101. The summed E-state index contributed by atoms with van der Waals surface area (Å²) in [5.41, 5.74) is 2.36. The molecule has 0 bridgehead atoms. The standard InChI is InChI=1S/C23H18ClN5O2/c1-15-25-21(28-29(15)20-12-10-17(24)11-13-20)23(31)27-19-9-5-8-18(14-19)26-22(30)16-6-3-2-4-7-16/h2-14H,1H3,(H,26,30)(H,27,31). The number of nitrogens with zero attached hydrogens (tertiary/aromatic N) is 3. The number of amides is 2. The molecular weight excluding hydrogens is 414 g/mol. The second-order valence-electron chi connectivity index (χ2n) is 6.73. The maximum atomic E-state index is 12.7. The number of carbonyl (C=O) groups excluding carboxylic acids is 2. The van der Waals surface area contributed by atoms with Gasteiger partial charge in [0.15, 0.2) is 0 Å². The van der Waals surface area contributed by atoms with Crippen LogP contribution in [-0.2, 0) is 0 Å². The van der Waals surface area contributed by atoms with Crippen LogP contribution in [0.5, 0.6) is 0 Å². The normalized spacial score (nSPS) is 10.5. The summed E-state index contributed by atoms with van der Waals surface area (Å²) < 4.78 is 1.57. The van der Waals surface area contributed by atoms with E-state index in [-0.39, 0.29) is 11.7 Å². The molecule has 0 fully saturated rings. The van der Waals surface area contributed by atoms with Crippen LogP contribution in [0.25, 0.3) is 5.69 Å². The molecule has 0 aliphatic carbocycles. The molecule has 1 aromatic heterocycles. The summed E-state index contributed by atoms with van der Waals surface area (Å²) in [4.78, 5) is 29.3. The molecule has 0 unspecified atom stereocenters. The highest BCUT2D eigenvalue weighted by atomic mass is 35.5. The first-order valence-corrected chi connectivity index (χ1v) is 9.85. The molecule has 3 aromatic carbocycles. The predicted octanol–water partition coefficient (Wildman–Crippen LogP) is 4.73. The van der Waals surface area contributed by atoms with Gasteiger partial charge in [-0.3, -0.25) is 9.59 Å². The van der Waals surface area contributed by atoms with Crippen molar-refractivity contribution in [3.8, 4) is 5.69 Å². The van der Waals surface area contributed by atoms with Gasteiger partial charge >= 0.3 is 0 Å². The Labute approximate surface area is 183 Å². The van der Waals surface area contributed by atoms with Gasteiger partial charge in [0, 0.05) is 22.0 Å². The Morgan fingerprint density at radius 2 is 1.48 bits per heavy atom. The van der Waals surface area contributed by atoms with Crippen molar-refractivity contribution in [1.82, 2.24) is 14.8 Å². The lowest BCUT2D eigenvalue weighted by Crippen LogP contribution is -2.15. The van der Waals surface area contributed by atoms with Gasteiger partial charge in [0.25, 0.3) is 11.8 Å². The maximum Gasteiger partial charge on any atom is 0.295 e. The van der Waals surface area contributed by atoms with Gasteiger partial charge in [0.05, 0.1) is 5.69 Å². The minimum absolute atomic E-state index is 0.0335. The number of halogens is 1. The molecule has 7 nitrogen and oxygen atoms in total. The van der Waals surface area contributed by atoms with Crippen LogP contribution >= 0.6 is 11.6 Å². The fourth-order valence-corrected chi connectivity index (χ4v) is 3.09. The highest BCUT2D eigenvalue weighted by Gasteiger charge is 2.16. The van der Waals surface area contributed by atoms with Crippen molar-refractivity contribution >= 4 is 34.8 Å². The van der Waals surface area contributed by atoms with Gasteiger partial charge in [-0.05, 0) is 61.5 Å². The SMILES string of the molecule is Cc1nc(C(=O)Nc2cccc(NC(=O)c3ccccc3)c2)nn1-c1ccc(Cl)cc1. The highest BCUT2D eigenvalue weighted by Crippen LogP contribution is 2.18. The summed E-state index contributed by atoms with van der Waals surface area (Å²) in [6.45, 7) is 1.76. The number of anilines is 2. The molecule has 0 spiro atoms. The molecule has 4 aromatic rings. The number of hydrogen-bond acceptors (Lipinski definition) is 4. The number of aryl methyl sites for hydroxylation is 1. The first-order valence-electron chi connectivity index (χ1n) is 9.47. The monoisotopic (exact) mass is 431 g/mol.